The zero-order chi connectivity index (χ0) is 18.5. The zero-order valence-electron chi connectivity index (χ0n) is 14.8. The number of nitrogens with zero attached hydrogens (tertiary/aromatic N) is 3. The largest absolute Gasteiger partial charge is 0.484 e. The zero-order valence-corrected chi connectivity index (χ0v) is 14.8. The molecule has 1 amide bonds. The number of aryl methyl sites for hydroxylation is 1. The van der Waals surface area contributed by atoms with Crippen molar-refractivity contribution in [3.8, 4) is 5.75 Å². The quantitative estimate of drug-likeness (QED) is 0.858. The average Bonchev–Trinajstić information content (AvgIpc) is 3.17. The number of piperidine rings is 1. The van der Waals surface area contributed by atoms with Gasteiger partial charge in [-0.3, -0.25) is 9.48 Å². The van der Waals surface area contributed by atoms with Crippen LogP contribution < -0.4 is 4.74 Å². The summed E-state index contributed by atoms with van der Waals surface area (Å²) in [6, 6.07) is 7.89. The van der Waals surface area contributed by atoms with Crippen LogP contribution in [0, 0.1) is 0 Å². The second kappa shape index (κ2) is 8.03. The van der Waals surface area contributed by atoms with E-state index in [1.54, 1.807) is 15.8 Å². The third kappa shape index (κ3) is 4.22. The lowest BCUT2D eigenvalue weighted by atomic mass is 10.1. The summed E-state index contributed by atoms with van der Waals surface area (Å²) < 4.78 is 7.28. The number of rotatable bonds is 6. The van der Waals surface area contributed by atoms with Gasteiger partial charge in [-0.25, -0.2) is 4.79 Å². The molecule has 1 aliphatic rings. The van der Waals surface area contributed by atoms with Crippen molar-refractivity contribution in [1.29, 1.82) is 0 Å². The van der Waals surface area contributed by atoms with E-state index in [0.29, 0.717) is 18.8 Å². The topological polar surface area (TPSA) is 84.7 Å². The lowest BCUT2D eigenvalue weighted by Crippen LogP contribution is -2.41. The monoisotopic (exact) mass is 357 g/mol. The molecule has 7 heteroatoms. The van der Waals surface area contributed by atoms with Crippen LogP contribution >= 0.6 is 0 Å². The van der Waals surface area contributed by atoms with E-state index in [0.717, 1.165) is 19.3 Å². The summed E-state index contributed by atoms with van der Waals surface area (Å²) in [7, 11) is 0. The van der Waals surface area contributed by atoms with Crippen LogP contribution in [0.5, 0.6) is 5.75 Å². The Bertz CT molecular complexity index is 761. The Morgan fingerprint density at radius 1 is 1.23 bits per heavy atom. The molecular weight excluding hydrogens is 334 g/mol. The molecule has 0 spiro atoms. The van der Waals surface area contributed by atoms with Crippen LogP contribution in [0.2, 0.25) is 0 Å². The van der Waals surface area contributed by atoms with Gasteiger partial charge in [0.15, 0.2) is 6.61 Å². The minimum Gasteiger partial charge on any atom is -0.484 e. The first-order valence-corrected chi connectivity index (χ1v) is 8.83. The van der Waals surface area contributed by atoms with E-state index in [4.69, 9.17) is 9.84 Å². The molecule has 0 aliphatic carbocycles. The third-order valence-corrected chi connectivity index (χ3v) is 4.73. The summed E-state index contributed by atoms with van der Waals surface area (Å²) in [6.07, 6.45) is 5.37. The van der Waals surface area contributed by atoms with E-state index < -0.39 is 5.97 Å². The Kier molecular flexibility index (Phi) is 5.55. The van der Waals surface area contributed by atoms with Crippen molar-refractivity contribution in [3.63, 3.8) is 0 Å². The Hall–Kier alpha value is -2.83. The summed E-state index contributed by atoms with van der Waals surface area (Å²) in [5.41, 5.74) is 1.42. The molecule has 0 atom stereocenters. The van der Waals surface area contributed by atoms with Gasteiger partial charge in [-0.05, 0) is 37.0 Å². The van der Waals surface area contributed by atoms with E-state index in [-0.39, 0.29) is 24.1 Å². The molecule has 0 saturated carbocycles. The first-order valence-electron chi connectivity index (χ1n) is 8.83. The molecule has 0 bridgehead atoms. The number of carboxylic acid groups (broad SMARTS) is 1. The minimum atomic E-state index is -0.979. The smallest absolute Gasteiger partial charge is 0.338 e. The second-order valence-electron chi connectivity index (χ2n) is 6.41. The number of ether oxygens (including phenoxy) is 1. The van der Waals surface area contributed by atoms with Crippen LogP contribution in [0.4, 0.5) is 0 Å². The SMILES string of the molecule is CCc1ccc(OCC(=O)N2CCC(n3cc(C(=O)O)cn3)CC2)cc1. The molecule has 138 valence electrons. The molecule has 2 aromatic rings. The van der Waals surface area contributed by atoms with Crippen molar-refractivity contribution in [2.45, 2.75) is 32.2 Å². The van der Waals surface area contributed by atoms with Gasteiger partial charge < -0.3 is 14.7 Å². The highest BCUT2D eigenvalue weighted by Crippen LogP contribution is 2.22. The maximum absolute atomic E-state index is 12.3. The molecule has 7 nitrogen and oxygen atoms in total. The van der Waals surface area contributed by atoms with E-state index in [2.05, 4.69) is 12.0 Å². The number of likely N-dealkylation sites (tertiary alicyclic amines) is 1. The van der Waals surface area contributed by atoms with Crippen molar-refractivity contribution in [1.82, 2.24) is 14.7 Å². The number of hydrogen-bond donors (Lipinski definition) is 1. The van der Waals surface area contributed by atoms with Crippen LogP contribution in [-0.2, 0) is 11.2 Å². The summed E-state index contributed by atoms with van der Waals surface area (Å²) in [5.74, 6) is -0.314. The van der Waals surface area contributed by atoms with Crippen LogP contribution in [0.15, 0.2) is 36.7 Å². The summed E-state index contributed by atoms with van der Waals surface area (Å²) in [6.45, 7) is 3.35. The number of amides is 1. The fraction of sp³-hybridized carbons (Fsp3) is 0.421. The van der Waals surface area contributed by atoms with Crippen LogP contribution in [0.3, 0.4) is 0 Å². The van der Waals surface area contributed by atoms with Crippen LogP contribution in [0.1, 0.15) is 41.7 Å². The van der Waals surface area contributed by atoms with E-state index in [1.165, 1.54) is 11.8 Å². The van der Waals surface area contributed by atoms with Crippen molar-refractivity contribution in [3.05, 3.63) is 47.8 Å². The van der Waals surface area contributed by atoms with Crippen molar-refractivity contribution < 1.29 is 19.4 Å². The molecule has 1 N–H and O–H groups in total. The molecular formula is C19H23N3O4. The number of carbonyl (C=O) groups excluding carboxylic acids is 1. The first-order chi connectivity index (χ1) is 12.6. The van der Waals surface area contributed by atoms with Crippen molar-refractivity contribution >= 4 is 11.9 Å². The summed E-state index contributed by atoms with van der Waals surface area (Å²) in [4.78, 5) is 25.1. The highest BCUT2D eigenvalue weighted by molar-refractivity contribution is 5.86. The number of aromatic carboxylic acids is 1. The molecule has 1 aliphatic heterocycles. The molecule has 2 heterocycles. The third-order valence-electron chi connectivity index (χ3n) is 4.73. The number of carbonyl (C=O) groups is 2. The Morgan fingerprint density at radius 2 is 1.92 bits per heavy atom. The predicted molar refractivity (Wildman–Crippen MR) is 95.4 cm³/mol. The molecule has 1 fully saturated rings. The van der Waals surface area contributed by atoms with Gasteiger partial charge in [0, 0.05) is 19.3 Å². The molecule has 1 aromatic carbocycles. The highest BCUT2D eigenvalue weighted by atomic mass is 16.5. The fourth-order valence-corrected chi connectivity index (χ4v) is 3.09. The Morgan fingerprint density at radius 3 is 2.50 bits per heavy atom. The van der Waals surface area contributed by atoms with Gasteiger partial charge in [0.25, 0.3) is 5.91 Å². The number of hydrogen-bond acceptors (Lipinski definition) is 4. The van der Waals surface area contributed by atoms with Gasteiger partial charge in [0.1, 0.15) is 5.75 Å². The lowest BCUT2D eigenvalue weighted by molar-refractivity contribution is -0.134. The fourth-order valence-electron chi connectivity index (χ4n) is 3.09. The molecule has 26 heavy (non-hydrogen) atoms. The molecule has 1 aromatic heterocycles. The Labute approximate surface area is 152 Å². The minimum absolute atomic E-state index is 0.0288. The highest BCUT2D eigenvalue weighted by Gasteiger charge is 2.25. The van der Waals surface area contributed by atoms with E-state index >= 15 is 0 Å². The van der Waals surface area contributed by atoms with E-state index in [9.17, 15) is 9.59 Å². The van der Waals surface area contributed by atoms with Gasteiger partial charge in [-0.1, -0.05) is 19.1 Å². The molecule has 0 radical (unpaired) electrons. The predicted octanol–water partition coefficient (Wildman–Crippen LogP) is 2.39. The average molecular weight is 357 g/mol. The summed E-state index contributed by atoms with van der Waals surface area (Å²) in [5, 5.41) is 13.1. The lowest BCUT2D eigenvalue weighted by Gasteiger charge is -2.32. The Balaban J connectivity index is 1.47. The normalized spacial score (nSPS) is 15.0. The number of aromatic nitrogens is 2. The van der Waals surface area contributed by atoms with Gasteiger partial charge in [0.05, 0.1) is 17.8 Å². The second-order valence-corrected chi connectivity index (χ2v) is 6.41. The van der Waals surface area contributed by atoms with Gasteiger partial charge in [-0.15, -0.1) is 0 Å². The first kappa shape index (κ1) is 18.0. The van der Waals surface area contributed by atoms with Crippen molar-refractivity contribution in [2.75, 3.05) is 19.7 Å². The number of carboxylic acids is 1. The molecule has 0 unspecified atom stereocenters. The van der Waals surface area contributed by atoms with Gasteiger partial charge in [-0.2, -0.15) is 5.10 Å². The maximum atomic E-state index is 12.3. The molecule has 1 saturated heterocycles. The van der Waals surface area contributed by atoms with Crippen LogP contribution in [0.25, 0.3) is 0 Å². The number of benzene rings is 1. The van der Waals surface area contributed by atoms with E-state index in [1.807, 2.05) is 24.3 Å². The molecule has 3 rings (SSSR count). The van der Waals surface area contributed by atoms with Crippen molar-refractivity contribution in [2.24, 2.45) is 0 Å². The van der Waals surface area contributed by atoms with Gasteiger partial charge >= 0.3 is 5.97 Å². The van der Waals surface area contributed by atoms with Gasteiger partial charge in [0.2, 0.25) is 0 Å². The van der Waals surface area contributed by atoms with Crippen LogP contribution in [-0.4, -0.2) is 51.4 Å². The standard InChI is InChI=1S/C19H23N3O4/c1-2-14-3-5-17(6-4-14)26-13-18(23)21-9-7-16(8-10-21)22-12-15(11-20-22)19(24)25/h3-6,11-12,16H,2,7-10,13H2,1H3,(H,24,25). The summed E-state index contributed by atoms with van der Waals surface area (Å²) >= 11 is 0. The maximum Gasteiger partial charge on any atom is 0.338 e.